The summed E-state index contributed by atoms with van der Waals surface area (Å²) in [4.78, 5) is 8.46. The predicted octanol–water partition coefficient (Wildman–Crippen LogP) is 7.54. The van der Waals surface area contributed by atoms with Crippen LogP contribution >= 0.6 is 0 Å². The second-order valence-electron chi connectivity index (χ2n) is 7.78. The quantitative estimate of drug-likeness (QED) is 0.339. The molecule has 0 aliphatic heterocycles. The zero-order valence-electron chi connectivity index (χ0n) is 16.7. The highest BCUT2D eigenvalue weighted by Gasteiger charge is 2.43. The molecule has 140 valence electrons. The third kappa shape index (κ3) is 2.44. The van der Waals surface area contributed by atoms with E-state index in [1.165, 1.54) is 33.0 Å². The molecule has 0 spiro atoms. The zero-order chi connectivity index (χ0) is 20.0. The lowest BCUT2D eigenvalue weighted by Gasteiger charge is -2.31. The molecule has 0 bridgehead atoms. The Balaban J connectivity index is 1.86. The van der Waals surface area contributed by atoms with Crippen LogP contribution in [0.4, 0.5) is 5.69 Å². The van der Waals surface area contributed by atoms with Crippen molar-refractivity contribution in [3.8, 4) is 22.4 Å². The summed E-state index contributed by atoms with van der Waals surface area (Å²) in [7, 11) is 0. The minimum absolute atomic E-state index is 0.0631. The van der Waals surface area contributed by atoms with Crippen molar-refractivity contribution in [3.63, 3.8) is 0 Å². The summed E-state index contributed by atoms with van der Waals surface area (Å²) in [5, 5.41) is 2.56. The molecule has 1 aromatic heterocycles. The van der Waals surface area contributed by atoms with Crippen LogP contribution in [0.2, 0.25) is 0 Å². The Morgan fingerprint density at radius 1 is 0.862 bits per heavy atom. The van der Waals surface area contributed by atoms with E-state index in [9.17, 15) is 0 Å². The lowest BCUT2D eigenvalue weighted by Crippen LogP contribution is -2.24. The van der Waals surface area contributed by atoms with Gasteiger partial charge in [0.2, 0.25) is 0 Å². The van der Waals surface area contributed by atoms with Crippen LogP contribution in [-0.2, 0) is 5.41 Å². The zero-order valence-corrected chi connectivity index (χ0v) is 16.7. The van der Waals surface area contributed by atoms with Crippen molar-refractivity contribution in [3.05, 3.63) is 95.5 Å². The first-order valence-corrected chi connectivity index (χ1v) is 10.2. The average Bonchev–Trinajstić information content (AvgIpc) is 3.07. The van der Waals surface area contributed by atoms with Gasteiger partial charge in [-0.15, -0.1) is 0 Å². The monoisotopic (exact) mass is 374 g/mol. The average molecular weight is 374 g/mol. The van der Waals surface area contributed by atoms with Crippen molar-refractivity contribution in [2.24, 2.45) is 0 Å². The standard InChI is InChI=1S/C27H22N2/c1-4-27(5-2)24-17-19-10-7-6-9-18(19)16-23(24)22-13-14-29-26(25(22)27)20-11-8-12-21(15-20)28-3/h6-17H,4-5H2,1-2H3. The molecule has 0 radical (unpaired) electrons. The first kappa shape index (κ1) is 17.6. The molecule has 1 heterocycles. The first-order chi connectivity index (χ1) is 14.2. The highest BCUT2D eigenvalue weighted by Crippen LogP contribution is 2.55. The van der Waals surface area contributed by atoms with Crippen molar-refractivity contribution >= 4 is 16.5 Å². The maximum atomic E-state index is 7.40. The van der Waals surface area contributed by atoms with Gasteiger partial charge in [-0.1, -0.05) is 56.3 Å². The molecule has 1 aliphatic carbocycles. The molecule has 0 saturated heterocycles. The number of hydrogen-bond acceptors (Lipinski definition) is 1. The molecule has 0 amide bonds. The molecule has 0 N–H and O–H groups in total. The second kappa shape index (κ2) is 6.57. The summed E-state index contributed by atoms with van der Waals surface area (Å²) in [6.45, 7) is 12.0. The van der Waals surface area contributed by atoms with E-state index in [4.69, 9.17) is 11.6 Å². The van der Waals surface area contributed by atoms with E-state index in [1.54, 1.807) is 0 Å². The number of pyridine rings is 1. The van der Waals surface area contributed by atoms with Crippen molar-refractivity contribution in [2.45, 2.75) is 32.1 Å². The first-order valence-electron chi connectivity index (χ1n) is 10.2. The molecule has 0 unspecified atom stereocenters. The van der Waals surface area contributed by atoms with Gasteiger partial charge in [0.25, 0.3) is 0 Å². The fraction of sp³-hybridized carbons (Fsp3) is 0.185. The van der Waals surface area contributed by atoms with E-state index in [0.717, 1.165) is 24.1 Å². The number of fused-ring (bicyclic) bond motifs is 4. The Bertz CT molecular complexity index is 1290. The summed E-state index contributed by atoms with van der Waals surface area (Å²) in [6, 6.07) is 23.4. The Kier molecular flexibility index (Phi) is 4.00. The molecule has 0 fully saturated rings. The molecule has 2 nitrogen and oxygen atoms in total. The van der Waals surface area contributed by atoms with Gasteiger partial charge >= 0.3 is 0 Å². The molecule has 3 aromatic carbocycles. The van der Waals surface area contributed by atoms with Gasteiger partial charge in [-0.05, 0) is 75.7 Å². The second-order valence-corrected chi connectivity index (χ2v) is 7.78. The maximum absolute atomic E-state index is 7.40. The van der Waals surface area contributed by atoms with Crippen molar-refractivity contribution in [2.75, 3.05) is 0 Å². The number of aromatic nitrogens is 1. The van der Waals surface area contributed by atoms with Gasteiger partial charge in [0.1, 0.15) is 0 Å². The van der Waals surface area contributed by atoms with Gasteiger partial charge in [-0.25, -0.2) is 4.85 Å². The molecule has 2 heteroatoms. The molecule has 0 atom stereocenters. The largest absolute Gasteiger partial charge is 0.256 e. The van der Waals surface area contributed by atoms with E-state index in [-0.39, 0.29) is 5.41 Å². The van der Waals surface area contributed by atoms with E-state index in [2.05, 4.69) is 67.2 Å². The summed E-state index contributed by atoms with van der Waals surface area (Å²) < 4.78 is 0. The third-order valence-corrected chi connectivity index (χ3v) is 6.58. The van der Waals surface area contributed by atoms with E-state index < -0.39 is 0 Å². The Morgan fingerprint density at radius 3 is 2.34 bits per heavy atom. The Hall–Kier alpha value is -3.44. The van der Waals surface area contributed by atoms with Crippen molar-refractivity contribution in [1.82, 2.24) is 4.98 Å². The van der Waals surface area contributed by atoms with Gasteiger partial charge in [0, 0.05) is 11.6 Å². The summed E-state index contributed by atoms with van der Waals surface area (Å²) in [5.41, 5.74) is 7.97. The minimum atomic E-state index is -0.0631. The van der Waals surface area contributed by atoms with Crippen LogP contribution in [-0.4, -0.2) is 4.98 Å². The summed E-state index contributed by atoms with van der Waals surface area (Å²) in [6.07, 6.45) is 3.95. The smallest absolute Gasteiger partial charge is 0.187 e. The molecule has 1 aliphatic rings. The molecule has 29 heavy (non-hydrogen) atoms. The molecular weight excluding hydrogens is 352 g/mol. The lowest BCUT2D eigenvalue weighted by atomic mass is 9.72. The van der Waals surface area contributed by atoms with Crippen molar-refractivity contribution in [1.29, 1.82) is 0 Å². The lowest BCUT2D eigenvalue weighted by molar-refractivity contribution is 0.491. The Labute approximate surface area is 171 Å². The van der Waals surface area contributed by atoms with Crippen LogP contribution in [0.25, 0.3) is 38.0 Å². The maximum Gasteiger partial charge on any atom is 0.187 e. The topological polar surface area (TPSA) is 17.2 Å². The van der Waals surface area contributed by atoms with Crippen LogP contribution < -0.4 is 0 Å². The highest BCUT2D eigenvalue weighted by molar-refractivity contribution is 5.95. The minimum Gasteiger partial charge on any atom is -0.256 e. The fourth-order valence-electron chi connectivity index (χ4n) is 5.09. The third-order valence-electron chi connectivity index (χ3n) is 6.58. The Morgan fingerprint density at radius 2 is 1.62 bits per heavy atom. The fourth-order valence-corrected chi connectivity index (χ4v) is 5.09. The van der Waals surface area contributed by atoms with E-state index in [0.29, 0.717) is 5.69 Å². The highest BCUT2D eigenvalue weighted by atomic mass is 14.7. The van der Waals surface area contributed by atoms with Gasteiger partial charge in [0.05, 0.1) is 12.3 Å². The van der Waals surface area contributed by atoms with Crippen LogP contribution in [0.15, 0.2) is 72.9 Å². The molecule has 0 saturated carbocycles. The SMILES string of the molecule is [C-]#[N+]c1cccc(-c2nccc3c2C(CC)(CC)c2cc4ccccc4cc2-3)c1. The van der Waals surface area contributed by atoms with E-state index >= 15 is 0 Å². The van der Waals surface area contributed by atoms with Gasteiger partial charge in [0.15, 0.2) is 5.69 Å². The van der Waals surface area contributed by atoms with Gasteiger partial charge < -0.3 is 0 Å². The van der Waals surface area contributed by atoms with Crippen molar-refractivity contribution < 1.29 is 0 Å². The predicted molar refractivity (Wildman–Crippen MR) is 120 cm³/mol. The number of benzene rings is 3. The van der Waals surface area contributed by atoms with Gasteiger partial charge in [-0.2, -0.15) is 0 Å². The normalized spacial score (nSPS) is 13.7. The molecular formula is C27H22N2. The van der Waals surface area contributed by atoms with E-state index in [1.807, 2.05) is 24.4 Å². The molecule has 4 aromatic rings. The van der Waals surface area contributed by atoms with Crippen LogP contribution in [0.5, 0.6) is 0 Å². The summed E-state index contributed by atoms with van der Waals surface area (Å²) in [5.74, 6) is 0. The summed E-state index contributed by atoms with van der Waals surface area (Å²) >= 11 is 0. The van der Waals surface area contributed by atoms with Crippen LogP contribution in [0.3, 0.4) is 0 Å². The number of nitrogens with zero attached hydrogens (tertiary/aromatic N) is 2. The molecule has 5 rings (SSSR count). The number of rotatable bonds is 3. The number of hydrogen-bond donors (Lipinski definition) is 0. The van der Waals surface area contributed by atoms with Crippen LogP contribution in [0, 0.1) is 6.57 Å². The van der Waals surface area contributed by atoms with Crippen LogP contribution in [0.1, 0.15) is 37.8 Å². The van der Waals surface area contributed by atoms with Gasteiger partial charge in [-0.3, -0.25) is 4.98 Å².